The van der Waals surface area contributed by atoms with Crippen molar-refractivity contribution in [3.05, 3.63) is 88.8 Å². The fraction of sp³-hybridized carbons (Fsp3) is 0.457. The van der Waals surface area contributed by atoms with Crippen molar-refractivity contribution in [3.8, 4) is 6.07 Å². The molecule has 330 valence electrons. The molecular formula is C46H53FN10O6. The number of nitrogens with one attached hydrogen (secondary N) is 4. The molecule has 4 amide bonds. The average Bonchev–Trinajstić information content (AvgIpc) is 4.12. The van der Waals surface area contributed by atoms with E-state index >= 15 is 4.39 Å². The second kappa shape index (κ2) is 17.6. The molecule has 5 aromatic rings. The normalized spacial score (nSPS) is 21.0. The quantitative estimate of drug-likeness (QED) is 0.0881. The summed E-state index contributed by atoms with van der Waals surface area (Å²) in [6.07, 6.45) is 2.51. The number of nitrogens with zero attached hydrogens (tertiary/aromatic N) is 6. The third-order valence-corrected chi connectivity index (χ3v) is 12.9. The number of hydrogen-bond acceptors (Lipinski definition) is 9. The van der Waals surface area contributed by atoms with Crippen LogP contribution in [0.5, 0.6) is 0 Å². The number of nitriles is 1. The smallest absolute Gasteiger partial charge is 0.407 e. The van der Waals surface area contributed by atoms with Gasteiger partial charge in [-0.3, -0.25) is 9.59 Å². The summed E-state index contributed by atoms with van der Waals surface area (Å²) in [6.45, 7) is 8.42. The number of carbonyl (C=O) groups excluding carboxylic acids is 3. The van der Waals surface area contributed by atoms with E-state index in [1.54, 1.807) is 15.9 Å². The maximum atomic E-state index is 15.4. The lowest BCUT2D eigenvalue weighted by molar-refractivity contribution is -0.136. The van der Waals surface area contributed by atoms with E-state index in [-0.39, 0.29) is 53.4 Å². The maximum Gasteiger partial charge on any atom is 0.407 e. The number of carbonyl (C=O) groups is 4. The molecule has 3 aromatic carbocycles. The lowest BCUT2D eigenvalue weighted by Gasteiger charge is -2.33. The van der Waals surface area contributed by atoms with Crippen molar-refractivity contribution in [2.45, 2.75) is 102 Å². The Morgan fingerprint density at radius 2 is 1.27 bits per heavy atom. The van der Waals surface area contributed by atoms with Crippen molar-refractivity contribution < 1.29 is 33.4 Å². The van der Waals surface area contributed by atoms with E-state index in [0.29, 0.717) is 43.3 Å². The van der Waals surface area contributed by atoms with Gasteiger partial charge in [-0.05, 0) is 104 Å². The second-order valence-corrected chi connectivity index (χ2v) is 17.5. The molecule has 0 spiro atoms. The molecule has 5 N–H and O–H groups in total. The highest BCUT2D eigenvalue weighted by Crippen LogP contribution is 2.48. The Morgan fingerprint density at radius 1 is 0.762 bits per heavy atom. The summed E-state index contributed by atoms with van der Waals surface area (Å²) in [7, 11) is 1.27. The van der Waals surface area contributed by atoms with Gasteiger partial charge in [0, 0.05) is 18.8 Å². The standard InChI is InChI=1S/C46H53FN10O6/c1-24(2)39(53-45(60)61)43(58)55-18-6-8-37(55)41-49-31-14-11-26(20-33(31)51-41)35-16-17-36(57(35)29-13-10-28(23-48)30(47)22-29)27-12-15-32-34(21-27)52-42(50-32)38-9-7-19-56(38)44(59)40(25(3)4)54-46(62)63-5/h10-15,20-22,24-25,35-40,53H,6-9,16-19H2,1-5H3,(H,49,51)(H,50,52)(H,54,62)(H,60,61). The van der Waals surface area contributed by atoms with E-state index in [2.05, 4.69) is 37.6 Å². The van der Waals surface area contributed by atoms with Crippen LogP contribution in [-0.4, -0.2) is 91.1 Å². The number of rotatable bonds is 11. The Balaban J connectivity index is 1.09. The second-order valence-electron chi connectivity index (χ2n) is 17.5. The molecule has 63 heavy (non-hydrogen) atoms. The number of carboxylic acid groups (broad SMARTS) is 1. The fourth-order valence-corrected chi connectivity index (χ4v) is 9.74. The lowest BCUT2D eigenvalue weighted by atomic mass is 10.0. The van der Waals surface area contributed by atoms with Crippen LogP contribution in [0.25, 0.3) is 22.1 Å². The third kappa shape index (κ3) is 8.33. The molecule has 3 fully saturated rings. The van der Waals surface area contributed by atoms with E-state index in [4.69, 9.17) is 14.7 Å². The topological polar surface area (TPSA) is 213 Å². The minimum absolute atomic E-state index is 0.0398. The summed E-state index contributed by atoms with van der Waals surface area (Å²) < 4.78 is 20.2. The van der Waals surface area contributed by atoms with Gasteiger partial charge in [0.05, 0.1) is 58.9 Å². The number of aromatic amines is 2. The Labute approximate surface area is 364 Å². The molecule has 3 aliphatic rings. The number of fused-ring (bicyclic) bond motifs is 2. The summed E-state index contributed by atoms with van der Waals surface area (Å²) >= 11 is 0. The first kappa shape index (κ1) is 43.0. The van der Waals surface area contributed by atoms with E-state index in [0.717, 1.165) is 58.9 Å². The zero-order valence-electron chi connectivity index (χ0n) is 36.0. The van der Waals surface area contributed by atoms with E-state index in [1.807, 2.05) is 58.0 Å². The van der Waals surface area contributed by atoms with Crippen molar-refractivity contribution in [2.75, 3.05) is 25.1 Å². The van der Waals surface area contributed by atoms with Gasteiger partial charge in [0.1, 0.15) is 35.6 Å². The lowest BCUT2D eigenvalue weighted by Crippen LogP contribution is -2.51. The Bertz CT molecular complexity index is 2600. The first-order valence-electron chi connectivity index (χ1n) is 21.7. The number of benzene rings is 3. The van der Waals surface area contributed by atoms with Crippen molar-refractivity contribution in [3.63, 3.8) is 0 Å². The molecule has 6 atom stereocenters. The Kier molecular flexibility index (Phi) is 12.0. The maximum absolute atomic E-state index is 15.4. The molecule has 0 radical (unpaired) electrons. The number of ether oxygens (including phenoxy) is 1. The summed E-state index contributed by atoms with van der Waals surface area (Å²) in [5.41, 5.74) is 5.61. The van der Waals surface area contributed by atoms with Crippen LogP contribution in [0.3, 0.4) is 0 Å². The number of methoxy groups -OCH3 is 1. The summed E-state index contributed by atoms with van der Waals surface area (Å²) in [5.74, 6) is -0.167. The highest BCUT2D eigenvalue weighted by atomic mass is 19.1. The highest BCUT2D eigenvalue weighted by molar-refractivity contribution is 5.87. The minimum Gasteiger partial charge on any atom is -0.465 e. The summed E-state index contributed by atoms with van der Waals surface area (Å²) in [5, 5.41) is 24.1. The molecule has 2 aromatic heterocycles. The van der Waals surface area contributed by atoms with Crippen molar-refractivity contribution >= 4 is 51.8 Å². The van der Waals surface area contributed by atoms with Gasteiger partial charge in [0.25, 0.3) is 0 Å². The van der Waals surface area contributed by atoms with Gasteiger partial charge in [-0.25, -0.2) is 23.9 Å². The van der Waals surface area contributed by atoms with Crippen LogP contribution in [0, 0.1) is 29.0 Å². The van der Waals surface area contributed by atoms with Gasteiger partial charge < -0.3 is 45.1 Å². The molecule has 3 saturated heterocycles. The molecule has 3 aliphatic heterocycles. The molecule has 17 heteroatoms. The molecule has 0 saturated carbocycles. The highest BCUT2D eigenvalue weighted by Gasteiger charge is 2.40. The van der Waals surface area contributed by atoms with Gasteiger partial charge in [-0.2, -0.15) is 5.26 Å². The van der Waals surface area contributed by atoms with Crippen LogP contribution in [0.15, 0.2) is 54.6 Å². The van der Waals surface area contributed by atoms with E-state index in [1.165, 1.54) is 19.2 Å². The number of amides is 4. The zero-order chi connectivity index (χ0) is 44.7. The first-order chi connectivity index (χ1) is 30.3. The van der Waals surface area contributed by atoms with Gasteiger partial charge in [0.15, 0.2) is 0 Å². The molecule has 0 bridgehead atoms. The van der Waals surface area contributed by atoms with Gasteiger partial charge in [-0.15, -0.1) is 0 Å². The zero-order valence-corrected chi connectivity index (χ0v) is 36.0. The predicted octanol–water partition coefficient (Wildman–Crippen LogP) is 7.53. The van der Waals surface area contributed by atoms with Crippen molar-refractivity contribution in [1.82, 2.24) is 40.4 Å². The van der Waals surface area contributed by atoms with Crippen LogP contribution in [0.4, 0.5) is 19.7 Å². The number of alkyl carbamates (subject to hydrolysis) is 1. The number of imidazole rings is 2. The number of anilines is 1. The molecule has 5 heterocycles. The van der Waals surface area contributed by atoms with Crippen LogP contribution >= 0.6 is 0 Å². The number of halogens is 1. The van der Waals surface area contributed by atoms with Crippen LogP contribution in [0.2, 0.25) is 0 Å². The number of aromatic nitrogens is 4. The van der Waals surface area contributed by atoms with Gasteiger partial charge in [-0.1, -0.05) is 39.8 Å². The van der Waals surface area contributed by atoms with E-state index < -0.39 is 30.1 Å². The van der Waals surface area contributed by atoms with E-state index in [9.17, 15) is 29.5 Å². The van der Waals surface area contributed by atoms with Crippen LogP contribution < -0.4 is 15.5 Å². The van der Waals surface area contributed by atoms with Gasteiger partial charge in [0.2, 0.25) is 11.8 Å². The average molecular weight is 861 g/mol. The molecule has 6 unspecified atom stereocenters. The SMILES string of the molecule is COC(=O)NC(C(=O)N1CCCC1c1nc2ccc(C3CCC(c4ccc5nc(C6CCCN6C(=O)C(NC(=O)O)C(C)C)[nH]c5c4)N3c3ccc(C#N)c(F)c3)cc2[nH]1)C(C)C. The molecular weight excluding hydrogens is 808 g/mol. The van der Waals surface area contributed by atoms with Crippen LogP contribution in [-0.2, 0) is 14.3 Å². The first-order valence-corrected chi connectivity index (χ1v) is 21.7. The van der Waals surface area contributed by atoms with Gasteiger partial charge >= 0.3 is 12.2 Å². The number of likely N-dealkylation sites (tertiary alicyclic amines) is 2. The predicted molar refractivity (Wildman–Crippen MR) is 232 cm³/mol. The number of hydrogen-bond donors (Lipinski definition) is 5. The largest absolute Gasteiger partial charge is 0.465 e. The Hall–Kier alpha value is -6.70. The number of H-pyrrole nitrogens is 2. The van der Waals surface area contributed by atoms with Crippen molar-refractivity contribution in [1.29, 1.82) is 5.26 Å². The molecule has 8 rings (SSSR count). The Morgan fingerprint density at radius 3 is 1.71 bits per heavy atom. The minimum atomic E-state index is -1.24. The van der Waals surface area contributed by atoms with Crippen molar-refractivity contribution in [2.24, 2.45) is 11.8 Å². The fourth-order valence-electron chi connectivity index (χ4n) is 9.74. The molecule has 0 aliphatic carbocycles. The summed E-state index contributed by atoms with van der Waals surface area (Å²) in [4.78, 5) is 73.7. The van der Waals surface area contributed by atoms with Crippen LogP contribution in [0.1, 0.15) is 119 Å². The summed E-state index contributed by atoms with van der Waals surface area (Å²) in [6, 6.07) is 16.1. The molecule has 16 nitrogen and oxygen atoms in total. The third-order valence-electron chi connectivity index (χ3n) is 12.9. The monoisotopic (exact) mass is 860 g/mol.